The Labute approximate surface area is 166 Å². The van der Waals surface area contributed by atoms with Crippen LogP contribution in [0.2, 0.25) is 0 Å². The molecule has 1 aliphatic rings. The normalized spacial score (nSPS) is 14.5. The molecule has 0 fully saturated rings. The van der Waals surface area contributed by atoms with E-state index in [0.717, 1.165) is 60.4 Å². The standard InChI is InChI=1S/C21H30N6O/c1-14(2)12-15(3)22-10-6-7-11-23-20-21-26-25-16(4)27(21)19-9-8-17(28-5)13-18(19)24-20/h8-9,12-13,20,22-24H,3,6-7,10-11H2,1-2,4-5H3. The van der Waals surface area contributed by atoms with Crippen LogP contribution in [0.15, 0.2) is 42.1 Å². The number of allylic oxidation sites excluding steroid dienone is 2. The summed E-state index contributed by atoms with van der Waals surface area (Å²) >= 11 is 0. The number of hydrogen-bond acceptors (Lipinski definition) is 6. The van der Waals surface area contributed by atoms with E-state index in [1.165, 1.54) is 5.57 Å². The van der Waals surface area contributed by atoms with E-state index >= 15 is 0 Å². The number of rotatable bonds is 9. The summed E-state index contributed by atoms with van der Waals surface area (Å²) in [6.45, 7) is 11.9. The Balaban J connectivity index is 1.56. The van der Waals surface area contributed by atoms with Crippen molar-refractivity contribution in [2.24, 2.45) is 0 Å². The van der Waals surface area contributed by atoms with E-state index in [1.54, 1.807) is 7.11 Å². The molecule has 1 aromatic carbocycles. The van der Waals surface area contributed by atoms with Gasteiger partial charge in [-0.1, -0.05) is 12.2 Å². The van der Waals surface area contributed by atoms with E-state index in [2.05, 4.69) is 57.2 Å². The van der Waals surface area contributed by atoms with Crippen molar-refractivity contribution in [1.82, 2.24) is 25.4 Å². The highest BCUT2D eigenvalue weighted by atomic mass is 16.5. The Hall–Kier alpha value is -2.80. The second kappa shape index (κ2) is 8.93. The lowest BCUT2D eigenvalue weighted by Crippen LogP contribution is -2.34. The van der Waals surface area contributed by atoms with Gasteiger partial charge in [-0.05, 0) is 58.4 Å². The van der Waals surface area contributed by atoms with Gasteiger partial charge in [-0.15, -0.1) is 10.2 Å². The smallest absolute Gasteiger partial charge is 0.175 e. The third-order valence-electron chi connectivity index (χ3n) is 4.62. The summed E-state index contributed by atoms with van der Waals surface area (Å²) in [5, 5.41) is 19.1. The monoisotopic (exact) mass is 382 g/mol. The molecule has 3 rings (SSSR count). The summed E-state index contributed by atoms with van der Waals surface area (Å²) < 4.78 is 7.46. The molecule has 0 radical (unpaired) electrons. The molecule has 1 unspecified atom stereocenters. The Morgan fingerprint density at radius 1 is 1.29 bits per heavy atom. The molecule has 2 heterocycles. The average Bonchev–Trinajstić information content (AvgIpc) is 3.05. The van der Waals surface area contributed by atoms with Crippen LogP contribution in [0, 0.1) is 6.92 Å². The number of methoxy groups -OCH3 is 1. The van der Waals surface area contributed by atoms with Crippen molar-refractivity contribution in [1.29, 1.82) is 0 Å². The Kier molecular flexibility index (Phi) is 6.36. The lowest BCUT2D eigenvalue weighted by atomic mass is 10.2. The molecule has 2 aromatic rings. The number of fused-ring (bicyclic) bond motifs is 3. The summed E-state index contributed by atoms with van der Waals surface area (Å²) in [4.78, 5) is 0. The highest BCUT2D eigenvalue weighted by Crippen LogP contribution is 2.34. The van der Waals surface area contributed by atoms with E-state index in [0.29, 0.717) is 0 Å². The summed E-state index contributed by atoms with van der Waals surface area (Å²) in [7, 11) is 1.68. The number of ether oxygens (including phenoxy) is 1. The van der Waals surface area contributed by atoms with Crippen LogP contribution >= 0.6 is 0 Å². The van der Waals surface area contributed by atoms with Crippen LogP contribution < -0.4 is 20.7 Å². The molecule has 0 amide bonds. The van der Waals surface area contributed by atoms with E-state index in [-0.39, 0.29) is 6.17 Å². The fraction of sp³-hybridized carbons (Fsp3) is 0.429. The number of aromatic nitrogens is 3. The van der Waals surface area contributed by atoms with Gasteiger partial charge in [0.25, 0.3) is 0 Å². The Morgan fingerprint density at radius 2 is 2.07 bits per heavy atom. The van der Waals surface area contributed by atoms with Gasteiger partial charge in [0.15, 0.2) is 5.82 Å². The molecule has 7 nitrogen and oxygen atoms in total. The van der Waals surface area contributed by atoms with Gasteiger partial charge >= 0.3 is 0 Å². The van der Waals surface area contributed by atoms with Gasteiger partial charge < -0.3 is 15.4 Å². The third-order valence-corrected chi connectivity index (χ3v) is 4.62. The Bertz CT molecular complexity index is 866. The van der Waals surface area contributed by atoms with Crippen molar-refractivity contribution in [2.45, 2.75) is 39.8 Å². The van der Waals surface area contributed by atoms with Crippen LogP contribution in [0.5, 0.6) is 5.75 Å². The largest absolute Gasteiger partial charge is 0.497 e. The second-order valence-corrected chi connectivity index (χ2v) is 7.24. The first kappa shape index (κ1) is 19.9. The van der Waals surface area contributed by atoms with Crippen LogP contribution in [-0.4, -0.2) is 35.0 Å². The first-order valence-electron chi connectivity index (χ1n) is 9.67. The van der Waals surface area contributed by atoms with Crippen molar-refractivity contribution in [2.75, 3.05) is 25.5 Å². The van der Waals surface area contributed by atoms with E-state index in [4.69, 9.17) is 4.74 Å². The van der Waals surface area contributed by atoms with Crippen LogP contribution in [0.4, 0.5) is 5.69 Å². The van der Waals surface area contributed by atoms with E-state index < -0.39 is 0 Å². The quantitative estimate of drug-likeness (QED) is 0.456. The zero-order chi connectivity index (χ0) is 20.1. The molecule has 0 saturated heterocycles. The minimum atomic E-state index is -0.0885. The molecule has 0 bridgehead atoms. The molecule has 1 aromatic heterocycles. The highest BCUT2D eigenvalue weighted by molar-refractivity contribution is 5.67. The van der Waals surface area contributed by atoms with Gasteiger partial charge in [0.1, 0.15) is 17.7 Å². The molecular formula is C21H30N6O. The maximum absolute atomic E-state index is 5.36. The maximum atomic E-state index is 5.36. The van der Waals surface area contributed by atoms with Crippen molar-refractivity contribution in [3.05, 3.63) is 53.8 Å². The molecule has 0 aliphatic carbocycles. The fourth-order valence-corrected chi connectivity index (χ4v) is 3.32. The molecule has 150 valence electrons. The van der Waals surface area contributed by atoms with Crippen LogP contribution in [0.3, 0.4) is 0 Å². The molecule has 7 heteroatoms. The van der Waals surface area contributed by atoms with Crippen molar-refractivity contribution < 1.29 is 4.74 Å². The number of nitrogens with one attached hydrogen (secondary N) is 3. The van der Waals surface area contributed by atoms with Crippen LogP contribution in [0.25, 0.3) is 5.69 Å². The Morgan fingerprint density at radius 3 is 2.82 bits per heavy atom. The van der Waals surface area contributed by atoms with Crippen molar-refractivity contribution in [3.8, 4) is 11.4 Å². The second-order valence-electron chi connectivity index (χ2n) is 7.24. The van der Waals surface area contributed by atoms with E-state index in [9.17, 15) is 0 Å². The number of aryl methyl sites for hydroxylation is 1. The topological polar surface area (TPSA) is 76.0 Å². The molecule has 0 spiro atoms. The average molecular weight is 383 g/mol. The van der Waals surface area contributed by atoms with Gasteiger partial charge in [-0.25, -0.2) is 0 Å². The molecule has 1 atom stereocenters. The van der Waals surface area contributed by atoms with E-state index in [1.807, 2.05) is 25.1 Å². The minimum absolute atomic E-state index is 0.0885. The zero-order valence-electron chi connectivity index (χ0n) is 17.2. The van der Waals surface area contributed by atoms with Gasteiger partial charge in [-0.3, -0.25) is 9.88 Å². The van der Waals surface area contributed by atoms with Gasteiger partial charge in [0.2, 0.25) is 0 Å². The maximum Gasteiger partial charge on any atom is 0.175 e. The fourth-order valence-electron chi connectivity index (χ4n) is 3.32. The molecule has 0 saturated carbocycles. The highest BCUT2D eigenvalue weighted by Gasteiger charge is 2.27. The van der Waals surface area contributed by atoms with Gasteiger partial charge in [-0.2, -0.15) is 0 Å². The molecule has 3 N–H and O–H groups in total. The van der Waals surface area contributed by atoms with Crippen molar-refractivity contribution >= 4 is 5.69 Å². The summed E-state index contributed by atoms with van der Waals surface area (Å²) in [5.41, 5.74) is 4.26. The predicted octanol–water partition coefficient (Wildman–Crippen LogP) is 3.45. The number of anilines is 1. The molecule has 28 heavy (non-hydrogen) atoms. The summed E-state index contributed by atoms with van der Waals surface area (Å²) in [6.07, 6.45) is 4.08. The summed E-state index contributed by atoms with van der Waals surface area (Å²) in [5.74, 6) is 2.57. The summed E-state index contributed by atoms with van der Waals surface area (Å²) in [6, 6.07) is 5.99. The third kappa shape index (κ3) is 4.54. The lowest BCUT2D eigenvalue weighted by Gasteiger charge is -2.29. The van der Waals surface area contributed by atoms with Crippen LogP contribution in [-0.2, 0) is 0 Å². The van der Waals surface area contributed by atoms with Gasteiger partial charge in [0.05, 0.1) is 18.5 Å². The predicted molar refractivity (Wildman–Crippen MR) is 113 cm³/mol. The minimum Gasteiger partial charge on any atom is -0.497 e. The number of benzene rings is 1. The number of unbranched alkanes of at least 4 members (excludes halogenated alkanes) is 1. The SMILES string of the molecule is C=C(C=C(C)C)NCCCCNC1Nc2cc(OC)ccc2-n2c(C)nnc21. The number of hydrogen-bond donors (Lipinski definition) is 3. The molecular weight excluding hydrogens is 352 g/mol. The number of nitrogens with zero attached hydrogens (tertiary/aromatic N) is 3. The zero-order valence-corrected chi connectivity index (χ0v) is 17.2. The van der Waals surface area contributed by atoms with Gasteiger partial charge in [0, 0.05) is 18.3 Å². The van der Waals surface area contributed by atoms with Crippen LogP contribution in [0.1, 0.15) is 44.5 Å². The van der Waals surface area contributed by atoms with Crippen molar-refractivity contribution in [3.63, 3.8) is 0 Å². The lowest BCUT2D eigenvalue weighted by molar-refractivity contribution is 0.414. The molecule has 1 aliphatic heterocycles. The first-order valence-corrected chi connectivity index (χ1v) is 9.67. The first-order chi connectivity index (χ1) is 13.5.